The van der Waals surface area contributed by atoms with Gasteiger partial charge in [-0.1, -0.05) is 0 Å². The summed E-state index contributed by atoms with van der Waals surface area (Å²) in [7, 11) is -3.13. The number of aliphatic hydroxyl groups is 1. The molecule has 1 saturated heterocycles. The standard InChI is InChI=1S/C8H16ClNO3S/c9-3-1-5-14(12,13)10-4-2-8(6-10)7-11/h8,11H,1-7H2. The van der Waals surface area contributed by atoms with Gasteiger partial charge >= 0.3 is 0 Å². The third kappa shape index (κ3) is 3.08. The van der Waals surface area contributed by atoms with Crippen molar-refractivity contribution in [1.29, 1.82) is 0 Å². The van der Waals surface area contributed by atoms with E-state index in [0.717, 1.165) is 6.42 Å². The summed E-state index contributed by atoms with van der Waals surface area (Å²) in [5.41, 5.74) is 0. The van der Waals surface area contributed by atoms with Gasteiger partial charge in [-0.15, -0.1) is 11.6 Å². The van der Waals surface area contributed by atoms with Crippen LogP contribution in [-0.4, -0.2) is 49.2 Å². The van der Waals surface area contributed by atoms with Gasteiger partial charge in [0.25, 0.3) is 0 Å². The Morgan fingerprint density at radius 1 is 1.50 bits per heavy atom. The highest BCUT2D eigenvalue weighted by Gasteiger charge is 2.30. The first-order valence-corrected chi connectivity index (χ1v) is 6.89. The Labute approximate surface area is 89.9 Å². The zero-order chi connectivity index (χ0) is 10.6. The maximum atomic E-state index is 11.6. The van der Waals surface area contributed by atoms with Crippen LogP contribution in [0.25, 0.3) is 0 Å². The SMILES string of the molecule is O=S(=O)(CCCCl)N1CCC(CO)C1. The Balaban J connectivity index is 2.49. The van der Waals surface area contributed by atoms with Crippen LogP contribution in [-0.2, 0) is 10.0 Å². The minimum absolute atomic E-state index is 0.0710. The fourth-order valence-corrected chi connectivity index (χ4v) is 3.45. The molecule has 0 spiro atoms. The van der Waals surface area contributed by atoms with Crippen molar-refractivity contribution in [3.63, 3.8) is 0 Å². The lowest BCUT2D eigenvalue weighted by atomic mass is 10.1. The van der Waals surface area contributed by atoms with Gasteiger partial charge in [0.1, 0.15) is 0 Å². The van der Waals surface area contributed by atoms with E-state index in [1.165, 1.54) is 4.31 Å². The van der Waals surface area contributed by atoms with Crippen molar-refractivity contribution in [1.82, 2.24) is 4.31 Å². The van der Waals surface area contributed by atoms with Gasteiger partial charge in [0, 0.05) is 25.6 Å². The summed E-state index contributed by atoms with van der Waals surface area (Å²) < 4.78 is 24.7. The van der Waals surface area contributed by atoms with E-state index in [0.29, 0.717) is 25.4 Å². The lowest BCUT2D eigenvalue weighted by molar-refractivity contribution is 0.233. The summed E-state index contributed by atoms with van der Waals surface area (Å²) in [5, 5.41) is 8.88. The molecule has 0 bridgehead atoms. The Bertz CT molecular complexity index is 268. The van der Waals surface area contributed by atoms with E-state index in [9.17, 15) is 8.42 Å². The summed E-state index contributed by atoms with van der Waals surface area (Å²) in [6.07, 6.45) is 1.25. The van der Waals surface area contributed by atoms with E-state index in [2.05, 4.69) is 0 Å². The quantitative estimate of drug-likeness (QED) is 0.703. The molecule has 0 amide bonds. The van der Waals surface area contributed by atoms with E-state index in [-0.39, 0.29) is 18.3 Å². The minimum Gasteiger partial charge on any atom is -0.396 e. The van der Waals surface area contributed by atoms with E-state index in [4.69, 9.17) is 16.7 Å². The van der Waals surface area contributed by atoms with Crippen molar-refractivity contribution in [2.45, 2.75) is 12.8 Å². The van der Waals surface area contributed by atoms with Crippen LogP contribution in [0.4, 0.5) is 0 Å². The molecule has 4 nitrogen and oxygen atoms in total. The van der Waals surface area contributed by atoms with Crippen LogP contribution < -0.4 is 0 Å². The number of rotatable bonds is 5. The molecule has 6 heteroatoms. The number of sulfonamides is 1. The zero-order valence-electron chi connectivity index (χ0n) is 8.02. The molecule has 0 saturated carbocycles. The maximum Gasteiger partial charge on any atom is 0.214 e. The van der Waals surface area contributed by atoms with Crippen molar-refractivity contribution in [2.75, 3.05) is 31.3 Å². The summed E-state index contributed by atoms with van der Waals surface area (Å²) in [6, 6.07) is 0. The van der Waals surface area contributed by atoms with Gasteiger partial charge < -0.3 is 5.11 Å². The molecule has 1 N–H and O–H groups in total. The highest BCUT2D eigenvalue weighted by atomic mass is 35.5. The number of hydrogen-bond acceptors (Lipinski definition) is 3. The second-order valence-corrected chi connectivity index (χ2v) is 6.02. The van der Waals surface area contributed by atoms with Crippen LogP contribution in [0.1, 0.15) is 12.8 Å². The van der Waals surface area contributed by atoms with E-state index < -0.39 is 10.0 Å². The molecule has 1 aliphatic rings. The summed E-state index contributed by atoms with van der Waals surface area (Å²) in [4.78, 5) is 0. The smallest absolute Gasteiger partial charge is 0.214 e. The van der Waals surface area contributed by atoms with E-state index >= 15 is 0 Å². The van der Waals surface area contributed by atoms with Crippen LogP contribution >= 0.6 is 11.6 Å². The second-order valence-electron chi connectivity index (χ2n) is 3.55. The number of hydrogen-bond donors (Lipinski definition) is 1. The third-order valence-electron chi connectivity index (χ3n) is 2.44. The predicted molar refractivity (Wildman–Crippen MR) is 55.9 cm³/mol. The van der Waals surface area contributed by atoms with Crippen molar-refractivity contribution >= 4 is 21.6 Å². The highest BCUT2D eigenvalue weighted by molar-refractivity contribution is 7.89. The second kappa shape index (κ2) is 5.30. The van der Waals surface area contributed by atoms with E-state index in [1.54, 1.807) is 0 Å². The monoisotopic (exact) mass is 241 g/mol. The lowest BCUT2D eigenvalue weighted by Crippen LogP contribution is -2.31. The molecule has 0 aromatic rings. The first kappa shape index (κ1) is 12.2. The fraction of sp³-hybridized carbons (Fsp3) is 1.00. The fourth-order valence-electron chi connectivity index (χ4n) is 1.56. The van der Waals surface area contributed by atoms with Crippen LogP contribution in [0.5, 0.6) is 0 Å². The summed E-state index contributed by atoms with van der Waals surface area (Å²) in [5.74, 6) is 0.603. The molecule has 1 heterocycles. The first-order valence-electron chi connectivity index (χ1n) is 4.75. The molecule has 1 fully saturated rings. The van der Waals surface area contributed by atoms with Gasteiger partial charge in [0.05, 0.1) is 5.75 Å². The Morgan fingerprint density at radius 2 is 2.21 bits per heavy atom. The molecule has 1 rings (SSSR count). The van der Waals surface area contributed by atoms with Crippen molar-refractivity contribution in [3.05, 3.63) is 0 Å². The number of alkyl halides is 1. The maximum absolute atomic E-state index is 11.6. The normalized spacial score (nSPS) is 24.3. The van der Waals surface area contributed by atoms with Crippen LogP contribution in [0, 0.1) is 5.92 Å². The molecular weight excluding hydrogens is 226 g/mol. The highest BCUT2D eigenvalue weighted by Crippen LogP contribution is 2.19. The van der Waals surface area contributed by atoms with Gasteiger partial charge in [0.2, 0.25) is 10.0 Å². The van der Waals surface area contributed by atoms with Gasteiger partial charge in [-0.2, -0.15) is 0 Å². The molecular formula is C8H16ClNO3S. The molecule has 0 aromatic carbocycles. The summed E-state index contributed by atoms with van der Waals surface area (Å²) in [6.45, 7) is 1.07. The average Bonchev–Trinajstić information content (AvgIpc) is 2.63. The van der Waals surface area contributed by atoms with Crippen molar-refractivity contribution in [3.8, 4) is 0 Å². The molecule has 84 valence electrons. The molecule has 1 aliphatic heterocycles. The molecule has 0 radical (unpaired) electrons. The van der Waals surface area contributed by atoms with Crippen LogP contribution in [0.3, 0.4) is 0 Å². The Kier molecular flexibility index (Phi) is 4.63. The van der Waals surface area contributed by atoms with Crippen LogP contribution in [0.15, 0.2) is 0 Å². The Hall–Kier alpha value is 0.160. The van der Waals surface area contributed by atoms with Crippen molar-refractivity contribution < 1.29 is 13.5 Å². The molecule has 0 aromatic heterocycles. The third-order valence-corrected chi connectivity index (χ3v) is 4.63. The molecule has 14 heavy (non-hydrogen) atoms. The van der Waals surface area contributed by atoms with Gasteiger partial charge in [-0.05, 0) is 18.8 Å². The zero-order valence-corrected chi connectivity index (χ0v) is 9.60. The van der Waals surface area contributed by atoms with Crippen LogP contribution in [0.2, 0.25) is 0 Å². The van der Waals surface area contributed by atoms with Gasteiger partial charge in [-0.25, -0.2) is 12.7 Å². The van der Waals surface area contributed by atoms with Crippen molar-refractivity contribution in [2.24, 2.45) is 5.92 Å². The van der Waals surface area contributed by atoms with Gasteiger partial charge in [-0.3, -0.25) is 0 Å². The average molecular weight is 242 g/mol. The molecule has 1 atom stereocenters. The summed E-state index contributed by atoms with van der Waals surface area (Å²) >= 11 is 5.45. The lowest BCUT2D eigenvalue weighted by Gasteiger charge is -2.15. The number of halogens is 1. The van der Waals surface area contributed by atoms with E-state index in [1.807, 2.05) is 0 Å². The molecule has 1 unspecified atom stereocenters. The minimum atomic E-state index is -3.13. The topological polar surface area (TPSA) is 57.6 Å². The first-order chi connectivity index (χ1) is 6.60. The number of aliphatic hydroxyl groups excluding tert-OH is 1. The number of nitrogens with zero attached hydrogens (tertiary/aromatic N) is 1. The largest absolute Gasteiger partial charge is 0.396 e. The Morgan fingerprint density at radius 3 is 2.71 bits per heavy atom. The van der Waals surface area contributed by atoms with Gasteiger partial charge in [0.15, 0.2) is 0 Å². The molecule has 0 aliphatic carbocycles. The predicted octanol–water partition coefficient (Wildman–Crippen LogP) is 0.259.